The number of nitrogens with one attached hydrogen (secondary N) is 1. The molecular formula is C10H16ClNO. The van der Waals surface area contributed by atoms with Gasteiger partial charge in [-0.05, 0) is 30.7 Å². The normalized spacial score (nSPS) is 9.31. The van der Waals surface area contributed by atoms with Gasteiger partial charge in [0.25, 0.3) is 0 Å². The molecular weight excluding hydrogens is 186 g/mol. The van der Waals surface area contributed by atoms with Crippen molar-refractivity contribution in [1.29, 1.82) is 0 Å². The molecule has 1 aromatic rings. The summed E-state index contributed by atoms with van der Waals surface area (Å²) in [5.74, 6) is 0.339. The van der Waals surface area contributed by atoms with Crippen LogP contribution in [0.25, 0.3) is 0 Å². The summed E-state index contributed by atoms with van der Waals surface area (Å²) in [5, 5.41) is 12.4. The van der Waals surface area contributed by atoms with E-state index in [1.165, 1.54) is 0 Å². The number of phenolic OH excluding ortho intramolecular Hbond substituents is 1. The van der Waals surface area contributed by atoms with Gasteiger partial charge in [0, 0.05) is 6.54 Å². The van der Waals surface area contributed by atoms with E-state index < -0.39 is 0 Å². The van der Waals surface area contributed by atoms with Crippen LogP contribution >= 0.6 is 12.4 Å². The molecule has 0 aliphatic carbocycles. The number of halogens is 1. The Labute approximate surface area is 85.4 Å². The molecule has 0 aliphatic heterocycles. The van der Waals surface area contributed by atoms with Gasteiger partial charge in [-0.25, -0.2) is 0 Å². The van der Waals surface area contributed by atoms with Crippen molar-refractivity contribution in [2.24, 2.45) is 0 Å². The summed E-state index contributed by atoms with van der Waals surface area (Å²) in [6.07, 6.45) is 1.14. The number of phenols is 1. The van der Waals surface area contributed by atoms with Crippen LogP contribution in [0.4, 0.5) is 0 Å². The maximum atomic E-state index is 9.14. The fourth-order valence-electron chi connectivity index (χ4n) is 1.08. The first kappa shape index (κ1) is 12.3. The molecule has 0 spiro atoms. The van der Waals surface area contributed by atoms with Crippen LogP contribution in [-0.2, 0) is 6.54 Å². The molecule has 1 rings (SSSR count). The predicted octanol–water partition coefficient (Wildman–Crippen LogP) is 2.31. The van der Waals surface area contributed by atoms with Gasteiger partial charge in [-0.15, -0.1) is 12.4 Å². The molecule has 0 fully saturated rings. The fraction of sp³-hybridized carbons (Fsp3) is 0.400. The molecule has 1 aromatic carbocycles. The summed E-state index contributed by atoms with van der Waals surface area (Å²) in [6.45, 7) is 3.99. The highest BCUT2D eigenvalue weighted by Crippen LogP contribution is 2.10. The molecule has 74 valence electrons. The summed E-state index contributed by atoms with van der Waals surface area (Å²) in [7, 11) is 0. The zero-order valence-corrected chi connectivity index (χ0v) is 8.60. The second-order valence-corrected chi connectivity index (χ2v) is 2.85. The molecule has 3 heteroatoms. The molecule has 0 saturated heterocycles. The summed E-state index contributed by atoms with van der Waals surface area (Å²) in [5.41, 5.74) is 1.13. The molecule has 0 atom stereocenters. The highest BCUT2D eigenvalue weighted by molar-refractivity contribution is 5.85. The Morgan fingerprint density at radius 3 is 2.77 bits per heavy atom. The quantitative estimate of drug-likeness (QED) is 0.733. The van der Waals surface area contributed by atoms with Crippen LogP contribution in [0.5, 0.6) is 5.75 Å². The van der Waals surface area contributed by atoms with Crippen molar-refractivity contribution < 1.29 is 5.11 Å². The highest BCUT2D eigenvalue weighted by Gasteiger charge is 1.92. The number of rotatable bonds is 4. The van der Waals surface area contributed by atoms with Gasteiger partial charge in [-0.2, -0.15) is 0 Å². The third kappa shape index (κ3) is 4.76. The minimum atomic E-state index is 0. The molecule has 0 saturated carbocycles. The van der Waals surface area contributed by atoms with Crippen molar-refractivity contribution in [2.45, 2.75) is 19.9 Å². The van der Waals surface area contributed by atoms with Crippen molar-refractivity contribution in [3.05, 3.63) is 29.8 Å². The van der Waals surface area contributed by atoms with Crippen molar-refractivity contribution >= 4 is 12.4 Å². The Balaban J connectivity index is 0.00000144. The molecule has 13 heavy (non-hydrogen) atoms. The first-order valence-electron chi connectivity index (χ1n) is 4.31. The monoisotopic (exact) mass is 201 g/mol. The minimum Gasteiger partial charge on any atom is -0.508 e. The van der Waals surface area contributed by atoms with Crippen LogP contribution < -0.4 is 5.32 Å². The third-order valence-corrected chi connectivity index (χ3v) is 1.67. The summed E-state index contributed by atoms with van der Waals surface area (Å²) in [6, 6.07) is 7.33. The van der Waals surface area contributed by atoms with Gasteiger partial charge in [-0.1, -0.05) is 19.1 Å². The van der Waals surface area contributed by atoms with Crippen LogP contribution in [-0.4, -0.2) is 11.7 Å². The molecule has 0 bridgehead atoms. The maximum absolute atomic E-state index is 9.14. The van der Waals surface area contributed by atoms with Crippen molar-refractivity contribution in [2.75, 3.05) is 6.54 Å². The lowest BCUT2D eigenvalue weighted by Crippen LogP contribution is -2.13. The SMILES string of the molecule is CCCNCc1cccc(O)c1.Cl. The Morgan fingerprint density at radius 1 is 1.38 bits per heavy atom. The second kappa shape index (κ2) is 6.75. The van der Waals surface area contributed by atoms with E-state index in [2.05, 4.69) is 12.2 Å². The van der Waals surface area contributed by atoms with Crippen LogP contribution in [0.3, 0.4) is 0 Å². The van der Waals surface area contributed by atoms with Gasteiger partial charge in [-0.3, -0.25) is 0 Å². The van der Waals surface area contributed by atoms with E-state index >= 15 is 0 Å². The number of hydrogen-bond donors (Lipinski definition) is 2. The van der Waals surface area contributed by atoms with Gasteiger partial charge in [0.05, 0.1) is 0 Å². The first-order valence-corrected chi connectivity index (χ1v) is 4.31. The summed E-state index contributed by atoms with van der Waals surface area (Å²) >= 11 is 0. The van der Waals surface area contributed by atoms with Crippen LogP contribution in [0.15, 0.2) is 24.3 Å². The van der Waals surface area contributed by atoms with Crippen LogP contribution in [0.2, 0.25) is 0 Å². The van der Waals surface area contributed by atoms with Gasteiger partial charge in [0.1, 0.15) is 5.75 Å². The number of hydrogen-bond acceptors (Lipinski definition) is 2. The molecule has 0 heterocycles. The Hall–Kier alpha value is -0.730. The molecule has 0 radical (unpaired) electrons. The van der Waals surface area contributed by atoms with E-state index in [0.717, 1.165) is 25.1 Å². The van der Waals surface area contributed by atoms with E-state index in [1.807, 2.05) is 12.1 Å². The lowest BCUT2D eigenvalue weighted by atomic mass is 10.2. The van der Waals surface area contributed by atoms with Crippen LogP contribution in [0.1, 0.15) is 18.9 Å². The largest absolute Gasteiger partial charge is 0.508 e. The lowest BCUT2D eigenvalue weighted by molar-refractivity contribution is 0.474. The zero-order chi connectivity index (χ0) is 8.81. The topological polar surface area (TPSA) is 32.3 Å². The fourth-order valence-corrected chi connectivity index (χ4v) is 1.08. The standard InChI is InChI=1S/C10H15NO.ClH/c1-2-6-11-8-9-4-3-5-10(12)7-9;/h3-5,7,11-12H,2,6,8H2,1H3;1H. The van der Waals surface area contributed by atoms with Crippen molar-refractivity contribution in [3.8, 4) is 5.75 Å². The third-order valence-electron chi connectivity index (χ3n) is 1.67. The Bertz CT molecular complexity index is 240. The minimum absolute atomic E-state index is 0. The van der Waals surface area contributed by atoms with Gasteiger partial charge < -0.3 is 10.4 Å². The van der Waals surface area contributed by atoms with E-state index in [9.17, 15) is 0 Å². The maximum Gasteiger partial charge on any atom is 0.115 e. The van der Waals surface area contributed by atoms with E-state index in [-0.39, 0.29) is 12.4 Å². The van der Waals surface area contributed by atoms with Crippen molar-refractivity contribution in [1.82, 2.24) is 5.32 Å². The zero-order valence-electron chi connectivity index (χ0n) is 7.79. The van der Waals surface area contributed by atoms with Crippen LogP contribution in [0, 0.1) is 0 Å². The molecule has 2 nitrogen and oxygen atoms in total. The molecule has 0 unspecified atom stereocenters. The molecule has 2 N–H and O–H groups in total. The number of aromatic hydroxyl groups is 1. The second-order valence-electron chi connectivity index (χ2n) is 2.85. The van der Waals surface area contributed by atoms with E-state index in [4.69, 9.17) is 5.11 Å². The highest BCUT2D eigenvalue weighted by atomic mass is 35.5. The summed E-state index contributed by atoms with van der Waals surface area (Å²) < 4.78 is 0. The van der Waals surface area contributed by atoms with E-state index in [0.29, 0.717) is 5.75 Å². The van der Waals surface area contributed by atoms with Crippen molar-refractivity contribution in [3.63, 3.8) is 0 Å². The lowest BCUT2D eigenvalue weighted by Gasteiger charge is -2.02. The average Bonchev–Trinajstić information content (AvgIpc) is 2.05. The van der Waals surface area contributed by atoms with Gasteiger partial charge >= 0.3 is 0 Å². The smallest absolute Gasteiger partial charge is 0.115 e. The van der Waals surface area contributed by atoms with Gasteiger partial charge in [0.2, 0.25) is 0 Å². The number of benzene rings is 1. The van der Waals surface area contributed by atoms with Gasteiger partial charge in [0.15, 0.2) is 0 Å². The molecule has 0 aliphatic rings. The molecule has 0 amide bonds. The Morgan fingerprint density at radius 2 is 2.15 bits per heavy atom. The Kier molecular flexibility index (Phi) is 6.37. The summed E-state index contributed by atoms with van der Waals surface area (Å²) in [4.78, 5) is 0. The molecule has 0 aromatic heterocycles. The first-order chi connectivity index (χ1) is 5.83. The predicted molar refractivity (Wildman–Crippen MR) is 57.4 cm³/mol. The van der Waals surface area contributed by atoms with E-state index in [1.54, 1.807) is 12.1 Å². The average molecular weight is 202 g/mol.